The van der Waals surface area contributed by atoms with Gasteiger partial charge in [-0.3, -0.25) is 0 Å². The van der Waals surface area contributed by atoms with Gasteiger partial charge in [0.2, 0.25) is 0 Å². The first-order chi connectivity index (χ1) is 9.57. The summed E-state index contributed by atoms with van der Waals surface area (Å²) in [5, 5.41) is 9.94. The van der Waals surface area contributed by atoms with Gasteiger partial charge in [0.1, 0.15) is 0 Å². The van der Waals surface area contributed by atoms with E-state index in [2.05, 4.69) is 56.3 Å². The number of aliphatic hydroxyl groups excluding tert-OH is 1. The third-order valence-electron chi connectivity index (χ3n) is 5.44. The van der Waals surface area contributed by atoms with Crippen LogP contribution in [-0.4, -0.2) is 11.2 Å². The number of fused-ring (bicyclic) bond motifs is 3. The molecule has 1 fully saturated rings. The van der Waals surface area contributed by atoms with Gasteiger partial charge in [-0.2, -0.15) is 0 Å². The van der Waals surface area contributed by atoms with Gasteiger partial charge in [-0.15, -0.1) is 0 Å². The number of aliphatic hydroxyl groups is 1. The predicted octanol–water partition coefficient (Wildman–Crippen LogP) is 4.13. The number of benzene rings is 2. The Hall–Kier alpha value is -1.60. The normalized spacial score (nSPS) is 25.8. The number of hydrogen-bond acceptors (Lipinski definition) is 1. The molecule has 2 atom stereocenters. The number of hydrogen-bond donors (Lipinski definition) is 1. The fourth-order valence-corrected chi connectivity index (χ4v) is 3.85. The molecule has 2 unspecified atom stereocenters. The fraction of sp³-hybridized carbons (Fsp3) is 0.368. The van der Waals surface area contributed by atoms with Crippen LogP contribution < -0.4 is 0 Å². The Morgan fingerprint density at radius 1 is 1.00 bits per heavy atom. The molecule has 4 rings (SSSR count). The van der Waals surface area contributed by atoms with E-state index in [1.165, 1.54) is 27.8 Å². The Labute approximate surface area is 120 Å². The van der Waals surface area contributed by atoms with E-state index in [-0.39, 0.29) is 11.5 Å². The van der Waals surface area contributed by atoms with E-state index in [0.717, 1.165) is 12.8 Å². The van der Waals surface area contributed by atoms with Gasteiger partial charge < -0.3 is 5.11 Å². The highest BCUT2D eigenvalue weighted by molar-refractivity contribution is 5.77. The van der Waals surface area contributed by atoms with E-state index in [1.807, 2.05) is 0 Å². The third kappa shape index (κ3) is 1.53. The highest BCUT2D eigenvalue weighted by Gasteiger charge is 2.47. The van der Waals surface area contributed by atoms with Crippen LogP contribution in [0.25, 0.3) is 11.1 Å². The average Bonchev–Trinajstić information content (AvgIpc) is 2.82. The van der Waals surface area contributed by atoms with Crippen LogP contribution >= 0.6 is 0 Å². The molecule has 0 radical (unpaired) electrons. The van der Waals surface area contributed by atoms with Crippen molar-refractivity contribution in [1.29, 1.82) is 0 Å². The first-order valence-electron chi connectivity index (χ1n) is 7.46. The minimum absolute atomic E-state index is 0.0136. The second-order valence-corrected chi connectivity index (χ2v) is 6.88. The third-order valence-corrected chi connectivity index (χ3v) is 5.44. The highest BCUT2D eigenvalue weighted by Crippen LogP contribution is 2.53. The molecular weight excluding hydrogens is 244 g/mol. The highest BCUT2D eigenvalue weighted by atomic mass is 16.3. The maximum Gasteiger partial charge on any atom is 0.0603 e. The second-order valence-electron chi connectivity index (χ2n) is 6.88. The Morgan fingerprint density at radius 2 is 1.75 bits per heavy atom. The summed E-state index contributed by atoms with van der Waals surface area (Å²) in [6.45, 7) is 4.35. The van der Waals surface area contributed by atoms with E-state index in [1.54, 1.807) is 0 Å². The van der Waals surface area contributed by atoms with Crippen molar-refractivity contribution in [1.82, 2.24) is 0 Å². The zero-order chi connectivity index (χ0) is 13.9. The Bertz CT molecular complexity index is 684. The quantitative estimate of drug-likeness (QED) is 0.700. The van der Waals surface area contributed by atoms with Gasteiger partial charge in [-0.1, -0.05) is 56.3 Å². The summed E-state index contributed by atoms with van der Waals surface area (Å²) in [5.74, 6) is 0.492. The number of rotatable bonds is 1. The maximum absolute atomic E-state index is 9.94. The lowest BCUT2D eigenvalue weighted by Gasteiger charge is -2.49. The molecule has 20 heavy (non-hydrogen) atoms. The molecule has 1 heteroatoms. The first-order valence-corrected chi connectivity index (χ1v) is 7.46. The molecule has 1 nitrogen and oxygen atoms in total. The molecule has 2 aliphatic rings. The summed E-state index contributed by atoms with van der Waals surface area (Å²) in [5.41, 5.74) is 7.07. The molecule has 0 saturated heterocycles. The Morgan fingerprint density at radius 3 is 2.50 bits per heavy atom. The molecule has 1 saturated carbocycles. The lowest BCUT2D eigenvalue weighted by atomic mass is 9.57. The second kappa shape index (κ2) is 3.95. The molecule has 0 spiro atoms. The SMILES string of the molecule is CC1(C)C(O)CC1c1ccc2c(c1)Cc1ccccc1-2. The molecule has 2 aliphatic carbocycles. The van der Waals surface area contributed by atoms with Crippen LogP contribution in [0.1, 0.15) is 42.9 Å². The molecule has 0 aromatic heterocycles. The van der Waals surface area contributed by atoms with Crippen molar-refractivity contribution in [2.45, 2.75) is 38.7 Å². The van der Waals surface area contributed by atoms with Gasteiger partial charge in [0.05, 0.1) is 6.10 Å². The summed E-state index contributed by atoms with van der Waals surface area (Å²) in [4.78, 5) is 0. The summed E-state index contributed by atoms with van der Waals surface area (Å²) in [7, 11) is 0. The van der Waals surface area contributed by atoms with E-state index >= 15 is 0 Å². The van der Waals surface area contributed by atoms with Crippen molar-refractivity contribution in [2.24, 2.45) is 5.41 Å². The fourth-order valence-electron chi connectivity index (χ4n) is 3.85. The van der Waals surface area contributed by atoms with Crippen molar-refractivity contribution in [2.75, 3.05) is 0 Å². The van der Waals surface area contributed by atoms with Gasteiger partial charge in [0, 0.05) is 0 Å². The summed E-state index contributed by atoms with van der Waals surface area (Å²) < 4.78 is 0. The first kappa shape index (κ1) is 12.2. The van der Waals surface area contributed by atoms with Crippen LogP contribution in [0, 0.1) is 5.41 Å². The summed E-state index contributed by atoms with van der Waals surface area (Å²) in [6, 6.07) is 15.6. The molecule has 0 aliphatic heterocycles. The van der Waals surface area contributed by atoms with Crippen molar-refractivity contribution in [3.8, 4) is 11.1 Å². The standard InChI is InChI=1S/C19H20O/c1-19(2)17(11-18(19)20)13-7-8-16-14(10-13)9-12-5-3-4-6-15(12)16/h3-8,10,17-18,20H,9,11H2,1-2H3. The molecular formula is C19H20O. The van der Waals surface area contributed by atoms with Crippen LogP contribution in [0.5, 0.6) is 0 Å². The van der Waals surface area contributed by atoms with Crippen LogP contribution in [0.2, 0.25) is 0 Å². The summed E-state index contributed by atoms with van der Waals surface area (Å²) >= 11 is 0. The van der Waals surface area contributed by atoms with E-state index in [9.17, 15) is 5.11 Å². The lowest BCUT2D eigenvalue weighted by molar-refractivity contribution is -0.0625. The van der Waals surface area contributed by atoms with Crippen molar-refractivity contribution in [3.63, 3.8) is 0 Å². The van der Waals surface area contributed by atoms with Gasteiger partial charge in [-0.05, 0) is 52.0 Å². The van der Waals surface area contributed by atoms with E-state index < -0.39 is 0 Å². The van der Waals surface area contributed by atoms with Crippen LogP contribution in [-0.2, 0) is 6.42 Å². The predicted molar refractivity (Wildman–Crippen MR) is 81.8 cm³/mol. The minimum atomic E-state index is -0.155. The zero-order valence-corrected chi connectivity index (χ0v) is 12.1. The molecule has 0 amide bonds. The zero-order valence-electron chi connectivity index (χ0n) is 12.1. The van der Waals surface area contributed by atoms with Crippen molar-refractivity contribution in [3.05, 3.63) is 59.2 Å². The molecule has 102 valence electrons. The molecule has 2 aromatic rings. The van der Waals surface area contributed by atoms with Gasteiger partial charge >= 0.3 is 0 Å². The lowest BCUT2D eigenvalue weighted by Crippen LogP contribution is -2.47. The van der Waals surface area contributed by atoms with Gasteiger partial charge in [-0.25, -0.2) is 0 Å². The minimum Gasteiger partial charge on any atom is -0.393 e. The average molecular weight is 264 g/mol. The molecule has 0 heterocycles. The van der Waals surface area contributed by atoms with Crippen LogP contribution in [0.3, 0.4) is 0 Å². The van der Waals surface area contributed by atoms with Gasteiger partial charge in [0.15, 0.2) is 0 Å². The Balaban J connectivity index is 1.73. The summed E-state index contributed by atoms with van der Waals surface area (Å²) in [6.07, 6.45) is 1.80. The van der Waals surface area contributed by atoms with Crippen molar-refractivity contribution < 1.29 is 5.11 Å². The van der Waals surface area contributed by atoms with Gasteiger partial charge in [0.25, 0.3) is 0 Å². The van der Waals surface area contributed by atoms with Crippen LogP contribution in [0.4, 0.5) is 0 Å². The molecule has 1 N–H and O–H groups in total. The van der Waals surface area contributed by atoms with Crippen LogP contribution in [0.15, 0.2) is 42.5 Å². The monoisotopic (exact) mass is 264 g/mol. The van der Waals surface area contributed by atoms with E-state index in [0.29, 0.717) is 5.92 Å². The molecule has 2 aromatic carbocycles. The Kier molecular flexibility index (Phi) is 2.41. The van der Waals surface area contributed by atoms with E-state index in [4.69, 9.17) is 0 Å². The topological polar surface area (TPSA) is 20.2 Å². The molecule has 0 bridgehead atoms. The van der Waals surface area contributed by atoms with Crippen molar-refractivity contribution >= 4 is 0 Å². The maximum atomic E-state index is 9.94. The smallest absolute Gasteiger partial charge is 0.0603 e. The largest absolute Gasteiger partial charge is 0.393 e.